The number of carbonyl (C=O) groups excluding carboxylic acids is 1. The zero-order valence-corrected chi connectivity index (χ0v) is 17.9. The number of aryl methyl sites for hydroxylation is 4. The van der Waals surface area contributed by atoms with Gasteiger partial charge >= 0.3 is 0 Å². The van der Waals surface area contributed by atoms with Crippen molar-refractivity contribution >= 4 is 21.6 Å². The van der Waals surface area contributed by atoms with Gasteiger partial charge in [-0.1, -0.05) is 29.4 Å². The van der Waals surface area contributed by atoms with Gasteiger partial charge in [0.2, 0.25) is 5.89 Å². The van der Waals surface area contributed by atoms with Gasteiger partial charge in [0.05, 0.1) is 10.6 Å². The van der Waals surface area contributed by atoms with Gasteiger partial charge in [0, 0.05) is 18.5 Å². The van der Waals surface area contributed by atoms with Crippen LogP contribution in [0.15, 0.2) is 51.9 Å². The first-order chi connectivity index (χ1) is 14.3. The molecule has 0 saturated carbocycles. The van der Waals surface area contributed by atoms with Gasteiger partial charge in [-0.3, -0.25) is 9.52 Å². The molecule has 0 aliphatic rings. The average Bonchev–Trinajstić information content (AvgIpc) is 3.12. The summed E-state index contributed by atoms with van der Waals surface area (Å²) < 4.78 is 33.2. The van der Waals surface area contributed by atoms with Crippen LogP contribution >= 0.6 is 0 Å². The molecule has 0 saturated heterocycles. The standard InChI is InChI=1S/C21H24N4O4S/c1-14-10-11-17(30(27,28)25-19-8-5-4-7-15(19)2)13-18(14)21(26)22-12-6-9-20-23-16(3)24-29-20/h4-5,7-8,10-11,13,25H,6,9,12H2,1-3H3,(H,22,26). The summed E-state index contributed by atoms with van der Waals surface area (Å²) in [4.78, 5) is 16.7. The number of aromatic nitrogens is 2. The minimum atomic E-state index is -3.83. The molecule has 0 fully saturated rings. The van der Waals surface area contributed by atoms with Crippen molar-refractivity contribution in [2.24, 2.45) is 0 Å². The molecule has 1 aromatic heterocycles. The largest absolute Gasteiger partial charge is 0.352 e. The molecule has 0 unspecified atom stereocenters. The summed E-state index contributed by atoms with van der Waals surface area (Å²) in [5.41, 5.74) is 2.31. The van der Waals surface area contributed by atoms with Gasteiger partial charge in [-0.25, -0.2) is 8.42 Å². The molecule has 3 rings (SSSR count). The molecule has 2 N–H and O–H groups in total. The van der Waals surface area contributed by atoms with Crippen molar-refractivity contribution in [3.05, 3.63) is 70.9 Å². The lowest BCUT2D eigenvalue weighted by molar-refractivity contribution is 0.0952. The fourth-order valence-electron chi connectivity index (χ4n) is 2.88. The molecule has 9 heteroatoms. The highest BCUT2D eigenvalue weighted by atomic mass is 32.2. The number of hydrogen-bond donors (Lipinski definition) is 2. The predicted octanol–water partition coefficient (Wildman–Crippen LogP) is 3.16. The van der Waals surface area contributed by atoms with Crippen LogP contribution in [0.1, 0.15) is 39.6 Å². The van der Waals surface area contributed by atoms with E-state index in [1.165, 1.54) is 12.1 Å². The summed E-state index contributed by atoms with van der Waals surface area (Å²) in [7, 11) is -3.83. The lowest BCUT2D eigenvalue weighted by atomic mass is 10.1. The Bertz CT molecular complexity index is 1160. The molecule has 0 bridgehead atoms. The number of carbonyl (C=O) groups is 1. The van der Waals surface area contributed by atoms with Crippen molar-refractivity contribution in [2.45, 2.75) is 38.5 Å². The van der Waals surface area contributed by atoms with Gasteiger partial charge in [-0.2, -0.15) is 4.98 Å². The number of hydrogen-bond acceptors (Lipinski definition) is 6. The van der Waals surface area contributed by atoms with Gasteiger partial charge in [0.25, 0.3) is 15.9 Å². The lowest BCUT2D eigenvalue weighted by Crippen LogP contribution is -2.26. The Kier molecular flexibility index (Phi) is 6.51. The molecule has 8 nitrogen and oxygen atoms in total. The first-order valence-electron chi connectivity index (χ1n) is 9.53. The quantitative estimate of drug-likeness (QED) is 0.533. The maximum Gasteiger partial charge on any atom is 0.261 e. The molecule has 2 aromatic carbocycles. The molecular formula is C21H24N4O4S. The smallest absolute Gasteiger partial charge is 0.261 e. The highest BCUT2D eigenvalue weighted by molar-refractivity contribution is 7.92. The Morgan fingerprint density at radius 3 is 2.53 bits per heavy atom. The van der Waals surface area contributed by atoms with E-state index in [9.17, 15) is 13.2 Å². The number of amides is 1. The monoisotopic (exact) mass is 428 g/mol. The van der Waals surface area contributed by atoms with Crippen LogP contribution in [-0.2, 0) is 16.4 Å². The summed E-state index contributed by atoms with van der Waals surface area (Å²) >= 11 is 0. The van der Waals surface area contributed by atoms with Gasteiger partial charge in [0.1, 0.15) is 0 Å². The van der Waals surface area contributed by atoms with Crippen LogP contribution in [0.2, 0.25) is 0 Å². The van der Waals surface area contributed by atoms with Crippen LogP contribution in [0, 0.1) is 20.8 Å². The third kappa shape index (κ3) is 5.24. The van der Waals surface area contributed by atoms with Crippen LogP contribution in [0.4, 0.5) is 5.69 Å². The van der Waals surface area contributed by atoms with E-state index in [1.807, 2.05) is 19.1 Å². The van der Waals surface area contributed by atoms with Gasteiger partial charge in [0.15, 0.2) is 5.82 Å². The fourth-order valence-corrected chi connectivity index (χ4v) is 4.04. The lowest BCUT2D eigenvalue weighted by Gasteiger charge is -2.13. The second kappa shape index (κ2) is 9.08. The minimum Gasteiger partial charge on any atom is -0.352 e. The SMILES string of the molecule is Cc1noc(CCCNC(=O)c2cc(S(=O)(=O)Nc3ccccc3C)ccc2C)n1. The Hall–Kier alpha value is -3.20. The Morgan fingerprint density at radius 1 is 1.07 bits per heavy atom. The second-order valence-corrected chi connectivity index (χ2v) is 8.67. The maximum absolute atomic E-state index is 12.8. The second-order valence-electron chi connectivity index (χ2n) is 6.99. The van der Waals surface area contributed by atoms with Crippen LogP contribution < -0.4 is 10.0 Å². The van der Waals surface area contributed by atoms with Crippen molar-refractivity contribution in [1.29, 1.82) is 0 Å². The molecule has 3 aromatic rings. The van der Waals surface area contributed by atoms with E-state index in [2.05, 4.69) is 20.2 Å². The third-order valence-corrected chi connectivity index (χ3v) is 5.94. The molecule has 1 amide bonds. The van der Waals surface area contributed by atoms with Crippen molar-refractivity contribution in [3.63, 3.8) is 0 Å². The summed E-state index contributed by atoms with van der Waals surface area (Å²) in [6, 6.07) is 11.6. The minimum absolute atomic E-state index is 0.0304. The highest BCUT2D eigenvalue weighted by Crippen LogP contribution is 2.21. The highest BCUT2D eigenvalue weighted by Gasteiger charge is 2.19. The first-order valence-corrected chi connectivity index (χ1v) is 11.0. The molecule has 0 radical (unpaired) electrons. The number of rotatable bonds is 8. The zero-order valence-electron chi connectivity index (χ0n) is 17.1. The van der Waals surface area contributed by atoms with Gasteiger partial charge in [-0.15, -0.1) is 0 Å². The topological polar surface area (TPSA) is 114 Å². The predicted molar refractivity (Wildman–Crippen MR) is 113 cm³/mol. The number of nitrogens with zero attached hydrogens (tertiary/aromatic N) is 2. The van der Waals surface area contributed by atoms with Crippen LogP contribution in [0.5, 0.6) is 0 Å². The number of nitrogens with one attached hydrogen (secondary N) is 2. The van der Waals surface area contributed by atoms with E-state index in [1.54, 1.807) is 32.0 Å². The molecule has 0 aliphatic heterocycles. The first kappa shape index (κ1) is 21.5. The third-order valence-electron chi connectivity index (χ3n) is 4.58. The Balaban J connectivity index is 1.67. The Labute approximate surface area is 175 Å². The molecule has 0 aliphatic carbocycles. The summed E-state index contributed by atoms with van der Waals surface area (Å²) in [6.45, 7) is 5.73. The number of benzene rings is 2. The van der Waals surface area contributed by atoms with E-state index in [0.29, 0.717) is 47.9 Å². The Morgan fingerprint density at radius 2 is 1.83 bits per heavy atom. The van der Waals surface area contributed by atoms with Gasteiger partial charge < -0.3 is 9.84 Å². The van der Waals surface area contributed by atoms with Gasteiger partial charge in [-0.05, 0) is 56.5 Å². The fraction of sp³-hybridized carbons (Fsp3) is 0.286. The van der Waals surface area contributed by atoms with Crippen LogP contribution in [0.25, 0.3) is 0 Å². The van der Waals surface area contributed by atoms with Crippen molar-refractivity contribution in [2.75, 3.05) is 11.3 Å². The van der Waals surface area contributed by atoms with E-state index in [0.717, 1.165) is 5.56 Å². The maximum atomic E-state index is 12.8. The van der Waals surface area contributed by atoms with Crippen molar-refractivity contribution in [1.82, 2.24) is 15.5 Å². The number of anilines is 1. The van der Waals surface area contributed by atoms with E-state index < -0.39 is 10.0 Å². The van der Waals surface area contributed by atoms with Crippen LogP contribution in [-0.4, -0.2) is 31.0 Å². The molecule has 0 atom stereocenters. The summed E-state index contributed by atoms with van der Waals surface area (Å²) in [6.07, 6.45) is 1.17. The number of para-hydroxylation sites is 1. The normalized spacial score (nSPS) is 11.3. The van der Waals surface area contributed by atoms with E-state index >= 15 is 0 Å². The van der Waals surface area contributed by atoms with Crippen molar-refractivity contribution < 1.29 is 17.7 Å². The summed E-state index contributed by atoms with van der Waals surface area (Å²) in [5.74, 6) is 0.762. The average molecular weight is 429 g/mol. The van der Waals surface area contributed by atoms with E-state index in [4.69, 9.17) is 4.52 Å². The zero-order chi connectivity index (χ0) is 21.7. The molecule has 158 valence electrons. The van der Waals surface area contributed by atoms with E-state index in [-0.39, 0.29) is 10.8 Å². The molecular weight excluding hydrogens is 404 g/mol. The number of sulfonamides is 1. The summed E-state index contributed by atoms with van der Waals surface area (Å²) in [5, 5.41) is 6.53. The molecule has 30 heavy (non-hydrogen) atoms. The molecule has 0 spiro atoms. The molecule has 1 heterocycles. The van der Waals surface area contributed by atoms with Crippen LogP contribution in [0.3, 0.4) is 0 Å². The van der Waals surface area contributed by atoms with Crippen molar-refractivity contribution in [3.8, 4) is 0 Å².